The molecule has 0 aromatic heterocycles. The molecule has 1 nitrogen and oxygen atoms in total. The molecule has 0 amide bonds. The smallest absolute Gasteiger partial charge is 0.0270 e. The molecule has 0 saturated carbocycles. The Balaban J connectivity index is 2.57. The highest BCUT2D eigenvalue weighted by atomic mass is 32.2. The van der Waals surface area contributed by atoms with Crippen LogP contribution in [0.2, 0.25) is 0 Å². The summed E-state index contributed by atoms with van der Waals surface area (Å²) in [5.41, 5.74) is 5.59. The van der Waals surface area contributed by atoms with Gasteiger partial charge in [-0.25, -0.2) is 0 Å². The first-order chi connectivity index (χ1) is 5.21. The van der Waals surface area contributed by atoms with Gasteiger partial charge in [-0.2, -0.15) is 0 Å². The topological polar surface area (TPSA) is 26.0 Å². The Kier molecular flexibility index (Phi) is 3.02. The summed E-state index contributed by atoms with van der Waals surface area (Å²) in [6, 6.07) is 0. The minimum atomic E-state index is 0.425. The van der Waals surface area contributed by atoms with Crippen molar-refractivity contribution in [3.05, 3.63) is 11.5 Å². The number of thioether (sulfide) groups is 1. The van der Waals surface area contributed by atoms with Gasteiger partial charge < -0.3 is 5.73 Å². The summed E-state index contributed by atoms with van der Waals surface area (Å²) in [6.45, 7) is 5.39. The van der Waals surface area contributed by atoms with Gasteiger partial charge >= 0.3 is 0 Å². The Morgan fingerprint density at radius 3 is 2.73 bits per heavy atom. The lowest BCUT2D eigenvalue weighted by Crippen LogP contribution is -2.31. The molecule has 1 rings (SSSR count). The molecule has 1 aliphatic rings. The number of hydrogen-bond acceptors (Lipinski definition) is 2. The largest absolute Gasteiger partial charge is 0.330 e. The van der Waals surface area contributed by atoms with Crippen LogP contribution in [0.4, 0.5) is 0 Å². The summed E-state index contributed by atoms with van der Waals surface area (Å²) in [4.78, 5) is 0. The molecule has 0 saturated heterocycles. The lowest BCUT2D eigenvalue weighted by atomic mass is 9.88. The number of nitrogens with two attached hydrogens (primary N) is 1. The van der Waals surface area contributed by atoms with E-state index in [2.05, 4.69) is 25.3 Å². The van der Waals surface area contributed by atoms with Gasteiger partial charge in [0, 0.05) is 4.75 Å². The third-order valence-corrected chi connectivity index (χ3v) is 4.12. The van der Waals surface area contributed by atoms with Crippen LogP contribution in [0.5, 0.6) is 0 Å². The first-order valence-electron chi connectivity index (χ1n) is 4.24. The summed E-state index contributed by atoms with van der Waals surface area (Å²) in [5, 5.41) is 2.22. The van der Waals surface area contributed by atoms with Crippen LogP contribution in [0.25, 0.3) is 0 Å². The van der Waals surface area contributed by atoms with E-state index in [9.17, 15) is 0 Å². The third kappa shape index (κ3) is 1.79. The lowest BCUT2D eigenvalue weighted by Gasteiger charge is -2.31. The molecule has 0 aromatic carbocycles. The Morgan fingerprint density at radius 1 is 1.64 bits per heavy atom. The van der Waals surface area contributed by atoms with Crippen LogP contribution in [0.15, 0.2) is 11.5 Å². The van der Waals surface area contributed by atoms with Crippen LogP contribution in [0.3, 0.4) is 0 Å². The summed E-state index contributed by atoms with van der Waals surface area (Å²) in [7, 11) is 0. The van der Waals surface area contributed by atoms with Gasteiger partial charge in [-0.3, -0.25) is 0 Å². The van der Waals surface area contributed by atoms with E-state index in [-0.39, 0.29) is 0 Å². The first-order valence-corrected chi connectivity index (χ1v) is 5.12. The molecule has 2 N–H and O–H groups in total. The molecule has 0 radical (unpaired) electrons. The zero-order valence-electron chi connectivity index (χ0n) is 7.34. The van der Waals surface area contributed by atoms with E-state index in [1.165, 1.54) is 6.42 Å². The van der Waals surface area contributed by atoms with Gasteiger partial charge in [0.2, 0.25) is 0 Å². The van der Waals surface area contributed by atoms with E-state index in [0.29, 0.717) is 4.75 Å². The highest BCUT2D eigenvalue weighted by Crippen LogP contribution is 2.44. The molecular formula is C9H17NS. The number of hydrogen-bond donors (Lipinski definition) is 1. The van der Waals surface area contributed by atoms with Crippen molar-refractivity contribution in [2.45, 2.75) is 31.4 Å². The van der Waals surface area contributed by atoms with E-state index in [4.69, 9.17) is 5.73 Å². The fraction of sp³-hybridized carbons (Fsp3) is 0.778. The van der Waals surface area contributed by atoms with E-state index in [1.54, 1.807) is 0 Å². The molecule has 1 unspecified atom stereocenters. The van der Waals surface area contributed by atoms with E-state index in [1.807, 2.05) is 11.8 Å². The number of allylic oxidation sites excluding steroid dienone is 1. The maximum atomic E-state index is 5.59. The van der Waals surface area contributed by atoms with Crippen LogP contribution in [-0.4, -0.2) is 11.3 Å². The predicted molar refractivity (Wildman–Crippen MR) is 52.6 cm³/mol. The molecule has 0 aliphatic carbocycles. The van der Waals surface area contributed by atoms with Crippen molar-refractivity contribution in [3.8, 4) is 0 Å². The van der Waals surface area contributed by atoms with Crippen molar-refractivity contribution in [3.63, 3.8) is 0 Å². The van der Waals surface area contributed by atoms with Gasteiger partial charge in [-0.05, 0) is 30.7 Å². The van der Waals surface area contributed by atoms with Crippen molar-refractivity contribution in [2.24, 2.45) is 11.7 Å². The summed E-state index contributed by atoms with van der Waals surface area (Å²) >= 11 is 1.96. The molecule has 64 valence electrons. The van der Waals surface area contributed by atoms with E-state index >= 15 is 0 Å². The summed E-state index contributed by atoms with van der Waals surface area (Å²) in [6.07, 6.45) is 4.61. The Hall–Kier alpha value is 0.0500. The third-order valence-electron chi connectivity index (χ3n) is 2.48. The van der Waals surface area contributed by atoms with E-state index in [0.717, 1.165) is 18.9 Å². The van der Waals surface area contributed by atoms with Gasteiger partial charge in [-0.1, -0.05) is 19.9 Å². The lowest BCUT2D eigenvalue weighted by molar-refractivity contribution is 0.420. The summed E-state index contributed by atoms with van der Waals surface area (Å²) < 4.78 is 0.425. The monoisotopic (exact) mass is 171 g/mol. The Morgan fingerprint density at radius 2 is 2.36 bits per heavy atom. The second-order valence-corrected chi connectivity index (χ2v) is 4.77. The highest BCUT2D eigenvalue weighted by molar-refractivity contribution is 8.03. The predicted octanol–water partition coefficient (Wildman–Crippen LogP) is 2.38. The Bertz CT molecular complexity index is 144. The molecule has 0 fully saturated rings. The van der Waals surface area contributed by atoms with Crippen LogP contribution in [0.1, 0.15) is 26.7 Å². The van der Waals surface area contributed by atoms with Crippen LogP contribution in [-0.2, 0) is 0 Å². The quantitative estimate of drug-likeness (QED) is 0.705. The normalized spacial score (nSPS) is 30.2. The zero-order valence-corrected chi connectivity index (χ0v) is 8.16. The average Bonchev–Trinajstić information content (AvgIpc) is 2.38. The molecule has 0 spiro atoms. The molecule has 11 heavy (non-hydrogen) atoms. The number of rotatable bonds is 3. The fourth-order valence-corrected chi connectivity index (χ4v) is 2.71. The maximum Gasteiger partial charge on any atom is 0.0270 e. The molecule has 1 atom stereocenters. The van der Waals surface area contributed by atoms with Gasteiger partial charge in [0.05, 0.1) is 0 Å². The SMILES string of the molecule is CC(C)C1(CCN)CC=CS1. The Labute approximate surface area is 73.4 Å². The highest BCUT2D eigenvalue weighted by Gasteiger charge is 2.34. The molecule has 0 bridgehead atoms. The van der Waals surface area contributed by atoms with Crippen LogP contribution in [0, 0.1) is 5.92 Å². The fourth-order valence-electron chi connectivity index (χ4n) is 1.55. The van der Waals surface area contributed by atoms with E-state index < -0.39 is 0 Å². The molecule has 2 heteroatoms. The minimum Gasteiger partial charge on any atom is -0.330 e. The van der Waals surface area contributed by atoms with Crippen molar-refractivity contribution < 1.29 is 0 Å². The standard InChI is InChI=1S/C9H17NS/c1-8(2)9(5-6-10)4-3-7-11-9/h3,7-8H,4-6,10H2,1-2H3. The molecule has 0 aromatic rings. The first kappa shape index (κ1) is 9.14. The average molecular weight is 171 g/mol. The molecular weight excluding hydrogens is 154 g/mol. The van der Waals surface area contributed by atoms with Gasteiger partial charge in [0.1, 0.15) is 0 Å². The summed E-state index contributed by atoms with van der Waals surface area (Å²) in [5.74, 6) is 0.728. The van der Waals surface area contributed by atoms with Crippen molar-refractivity contribution >= 4 is 11.8 Å². The molecule has 1 aliphatic heterocycles. The van der Waals surface area contributed by atoms with Gasteiger partial charge in [-0.15, -0.1) is 11.8 Å². The van der Waals surface area contributed by atoms with Crippen molar-refractivity contribution in [1.29, 1.82) is 0 Å². The van der Waals surface area contributed by atoms with Crippen LogP contribution < -0.4 is 5.73 Å². The van der Waals surface area contributed by atoms with Crippen molar-refractivity contribution in [1.82, 2.24) is 0 Å². The van der Waals surface area contributed by atoms with Crippen molar-refractivity contribution in [2.75, 3.05) is 6.54 Å². The second-order valence-electron chi connectivity index (χ2n) is 3.45. The van der Waals surface area contributed by atoms with Gasteiger partial charge in [0.25, 0.3) is 0 Å². The second kappa shape index (κ2) is 3.63. The maximum absolute atomic E-state index is 5.59. The minimum absolute atomic E-state index is 0.425. The zero-order chi connectivity index (χ0) is 8.32. The molecule has 1 heterocycles. The van der Waals surface area contributed by atoms with Gasteiger partial charge in [0.15, 0.2) is 0 Å². The van der Waals surface area contributed by atoms with Crippen LogP contribution >= 0.6 is 11.8 Å².